The van der Waals surface area contributed by atoms with Crippen molar-refractivity contribution >= 4 is 5.91 Å². The molecule has 1 aromatic carbocycles. The van der Waals surface area contributed by atoms with Gasteiger partial charge in [-0.2, -0.15) is 5.10 Å². The Hall–Kier alpha value is -2.17. The molecule has 0 fully saturated rings. The molecule has 2 heterocycles. The average molecular weight is 298 g/mol. The fraction of sp³-hybridized carbons (Fsp3) is 0.471. The van der Waals surface area contributed by atoms with Crippen LogP contribution in [0.15, 0.2) is 30.9 Å². The van der Waals surface area contributed by atoms with E-state index >= 15 is 0 Å². The van der Waals surface area contributed by atoms with Crippen molar-refractivity contribution in [3.05, 3.63) is 47.5 Å². The molecule has 22 heavy (non-hydrogen) atoms. The maximum atomic E-state index is 12.7. The number of fused-ring (bicyclic) bond motifs is 1. The Morgan fingerprint density at radius 2 is 2.09 bits per heavy atom. The maximum Gasteiger partial charge on any atom is 0.247 e. The van der Waals surface area contributed by atoms with E-state index in [2.05, 4.69) is 42.1 Å². The third kappa shape index (κ3) is 2.63. The number of aromatic nitrogens is 3. The maximum absolute atomic E-state index is 12.7. The van der Waals surface area contributed by atoms with Crippen LogP contribution in [0.5, 0.6) is 0 Å². The number of amides is 1. The van der Waals surface area contributed by atoms with Gasteiger partial charge in [0.05, 0.1) is 0 Å². The Kier molecular flexibility index (Phi) is 3.96. The Balaban J connectivity index is 1.80. The fourth-order valence-electron chi connectivity index (χ4n) is 3.16. The summed E-state index contributed by atoms with van der Waals surface area (Å²) in [6.07, 6.45) is 3.99. The molecule has 1 aliphatic rings. The SMILES string of the molecule is CC(C)c1cccc2c1CCN(C(=O)[C@@H](C)n1cncn1)C2. The summed E-state index contributed by atoms with van der Waals surface area (Å²) in [5, 5.41) is 4.07. The molecule has 0 aliphatic carbocycles. The molecule has 1 atom stereocenters. The first kappa shape index (κ1) is 14.8. The second-order valence-electron chi connectivity index (χ2n) is 6.20. The molecular weight excluding hydrogens is 276 g/mol. The Labute approximate surface area is 131 Å². The lowest BCUT2D eigenvalue weighted by Gasteiger charge is -2.32. The Morgan fingerprint density at radius 1 is 1.27 bits per heavy atom. The number of nitrogens with zero attached hydrogens (tertiary/aromatic N) is 4. The molecule has 1 aromatic heterocycles. The highest BCUT2D eigenvalue weighted by atomic mass is 16.2. The predicted molar refractivity (Wildman–Crippen MR) is 84.4 cm³/mol. The molecule has 116 valence electrons. The zero-order chi connectivity index (χ0) is 15.7. The summed E-state index contributed by atoms with van der Waals surface area (Å²) >= 11 is 0. The van der Waals surface area contributed by atoms with E-state index in [1.54, 1.807) is 11.0 Å². The second kappa shape index (κ2) is 5.91. The van der Waals surface area contributed by atoms with Crippen LogP contribution in [-0.2, 0) is 17.8 Å². The van der Waals surface area contributed by atoms with Gasteiger partial charge in [-0.1, -0.05) is 32.0 Å². The minimum absolute atomic E-state index is 0.103. The quantitative estimate of drug-likeness (QED) is 0.875. The molecule has 0 unspecified atom stereocenters. The zero-order valence-electron chi connectivity index (χ0n) is 13.4. The van der Waals surface area contributed by atoms with Crippen LogP contribution in [0.25, 0.3) is 0 Å². The van der Waals surface area contributed by atoms with Crippen molar-refractivity contribution in [3.8, 4) is 0 Å². The predicted octanol–water partition coefficient (Wildman–Crippen LogP) is 2.55. The van der Waals surface area contributed by atoms with Gasteiger partial charge in [0.15, 0.2) is 0 Å². The van der Waals surface area contributed by atoms with Crippen LogP contribution in [-0.4, -0.2) is 32.1 Å². The van der Waals surface area contributed by atoms with Crippen LogP contribution >= 0.6 is 0 Å². The first-order chi connectivity index (χ1) is 10.6. The molecule has 1 amide bonds. The Bertz CT molecular complexity index is 663. The average Bonchev–Trinajstić information content (AvgIpc) is 3.06. The smallest absolute Gasteiger partial charge is 0.247 e. The zero-order valence-corrected chi connectivity index (χ0v) is 13.4. The number of hydrogen-bond donors (Lipinski definition) is 0. The van der Waals surface area contributed by atoms with E-state index in [9.17, 15) is 4.79 Å². The summed E-state index contributed by atoms with van der Waals surface area (Å²) in [7, 11) is 0. The summed E-state index contributed by atoms with van der Waals surface area (Å²) in [6.45, 7) is 7.78. The van der Waals surface area contributed by atoms with Crippen LogP contribution in [0.4, 0.5) is 0 Å². The van der Waals surface area contributed by atoms with Gasteiger partial charge < -0.3 is 4.90 Å². The van der Waals surface area contributed by atoms with Crippen molar-refractivity contribution in [3.63, 3.8) is 0 Å². The molecule has 1 aliphatic heterocycles. The number of rotatable bonds is 3. The summed E-state index contributed by atoms with van der Waals surface area (Å²) in [5.41, 5.74) is 4.11. The van der Waals surface area contributed by atoms with Crippen molar-refractivity contribution < 1.29 is 4.79 Å². The van der Waals surface area contributed by atoms with Crippen molar-refractivity contribution in [1.29, 1.82) is 0 Å². The van der Waals surface area contributed by atoms with Gasteiger partial charge in [-0.05, 0) is 36.0 Å². The van der Waals surface area contributed by atoms with Crippen LogP contribution in [0.3, 0.4) is 0 Å². The largest absolute Gasteiger partial charge is 0.336 e. The van der Waals surface area contributed by atoms with Crippen LogP contribution < -0.4 is 0 Å². The standard InChI is InChI=1S/C17H22N4O/c1-12(2)15-6-4-5-14-9-20(8-7-16(14)15)17(22)13(3)21-11-18-10-19-21/h4-6,10-13H,7-9H2,1-3H3/t13-/m1/s1. The monoisotopic (exact) mass is 298 g/mol. The number of benzene rings is 1. The minimum atomic E-state index is -0.308. The summed E-state index contributed by atoms with van der Waals surface area (Å²) in [5.74, 6) is 0.623. The lowest BCUT2D eigenvalue weighted by Crippen LogP contribution is -2.40. The van der Waals surface area contributed by atoms with E-state index in [1.807, 2.05) is 11.8 Å². The van der Waals surface area contributed by atoms with Gasteiger partial charge in [-0.3, -0.25) is 4.79 Å². The molecule has 5 nitrogen and oxygen atoms in total. The molecule has 3 rings (SSSR count). The molecule has 2 aromatic rings. The Morgan fingerprint density at radius 3 is 2.77 bits per heavy atom. The fourth-order valence-corrected chi connectivity index (χ4v) is 3.16. The summed E-state index contributed by atoms with van der Waals surface area (Å²) in [4.78, 5) is 18.5. The lowest BCUT2D eigenvalue weighted by atomic mass is 9.89. The first-order valence-corrected chi connectivity index (χ1v) is 7.81. The highest BCUT2D eigenvalue weighted by molar-refractivity contribution is 5.80. The molecule has 0 radical (unpaired) electrons. The van der Waals surface area contributed by atoms with Crippen LogP contribution in [0.1, 0.15) is 49.4 Å². The normalized spacial score (nSPS) is 15.7. The van der Waals surface area contributed by atoms with Crippen LogP contribution in [0, 0.1) is 0 Å². The topological polar surface area (TPSA) is 51.0 Å². The van der Waals surface area contributed by atoms with E-state index in [0.29, 0.717) is 12.5 Å². The number of hydrogen-bond acceptors (Lipinski definition) is 3. The van der Waals surface area contributed by atoms with Gasteiger partial charge in [-0.25, -0.2) is 9.67 Å². The van der Waals surface area contributed by atoms with Gasteiger partial charge >= 0.3 is 0 Å². The highest BCUT2D eigenvalue weighted by Gasteiger charge is 2.27. The van der Waals surface area contributed by atoms with Gasteiger partial charge in [0.2, 0.25) is 5.91 Å². The van der Waals surface area contributed by atoms with E-state index in [-0.39, 0.29) is 11.9 Å². The van der Waals surface area contributed by atoms with Gasteiger partial charge in [-0.15, -0.1) is 0 Å². The van der Waals surface area contributed by atoms with Crippen molar-refractivity contribution in [2.75, 3.05) is 6.54 Å². The number of carbonyl (C=O) groups excluding carboxylic acids is 1. The van der Waals surface area contributed by atoms with Gasteiger partial charge in [0.25, 0.3) is 0 Å². The van der Waals surface area contributed by atoms with E-state index in [1.165, 1.54) is 23.0 Å². The van der Waals surface area contributed by atoms with Crippen molar-refractivity contribution in [2.24, 2.45) is 0 Å². The van der Waals surface area contributed by atoms with Crippen molar-refractivity contribution in [1.82, 2.24) is 19.7 Å². The van der Waals surface area contributed by atoms with Gasteiger partial charge in [0.1, 0.15) is 18.7 Å². The molecule has 0 saturated heterocycles. The van der Waals surface area contributed by atoms with Crippen LogP contribution in [0.2, 0.25) is 0 Å². The number of carbonyl (C=O) groups is 1. The van der Waals surface area contributed by atoms with E-state index < -0.39 is 0 Å². The molecular formula is C17H22N4O. The van der Waals surface area contributed by atoms with Crippen molar-refractivity contribution in [2.45, 2.75) is 45.7 Å². The first-order valence-electron chi connectivity index (χ1n) is 7.81. The van der Waals surface area contributed by atoms with Gasteiger partial charge in [0, 0.05) is 13.1 Å². The second-order valence-corrected chi connectivity index (χ2v) is 6.20. The third-order valence-electron chi connectivity index (χ3n) is 4.43. The molecule has 0 N–H and O–H groups in total. The highest BCUT2D eigenvalue weighted by Crippen LogP contribution is 2.28. The van der Waals surface area contributed by atoms with E-state index in [4.69, 9.17) is 0 Å². The summed E-state index contributed by atoms with van der Waals surface area (Å²) in [6, 6.07) is 6.14. The third-order valence-corrected chi connectivity index (χ3v) is 4.43. The van der Waals surface area contributed by atoms with E-state index in [0.717, 1.165) is 13.0 Å². The molecule has 0 bridgehead atoms. The molecule has 0 spiro atoms. The minimum Gasteiger partial charge on any atom is -0.336 e. The lowest BCUT2D eigenvalue weighted by molar-refractivity contribution is -0.135. The molecule has 5 heteroatoms. The molecule has 0 saturated carbocycles. The summed E-state index contributed by atoms with van der Waals surface area (Å²) < 4.78 is 1.61.